The van der Waals surface area contributed by atoms with Gasteiger partial charge in [0.2, 0.25) is 0 Å². The summed E-state index contributed by atoms with van der Waals surface area (Å²) >= 11 is 1.57. The van der Waals surface area contributed by atoms with Gasteiger partial charge in [0.1, 0.15) is 0 Å². The van der Waals surface area contributed by atoms with Gasteiger partial charge in [-0.2, -0.15) is 0 Å². The summed E-state index contributed by atoms with van der Waals surface area (Å²) in [6.07, 6.45) is 0. The topological polar surface area (TPSA) is 0 Å². The van der Waals surface area contributed by atoms with Crippen molar-refractivity contribution >= 4 is 11.3 Å². The fourth-order valence-electron chi connectivity index (χ4n) is 1.10. The van der Waals surface area contributed by atoms with Crippen LogP contribution in [0.3, 0.4) is 0 Å². The maximum absolute atomic E-state index is 3.27. The van der Waals surface area contributed by atoms with Crippen LogP contribution in [-0.4, -0.2) is 0 Å². The van der Waals surface area contributed by atoms with E-state index in [0.29, 0.717) is 11.8 Å². The molecule has 0 aliphatic rings. The quantitative estimate of drug-likeness (QED) is 0.733. The first-order valence-corrected chi connectivity index (χ1v) is 4.86. The van der Waals surface area contributed by atoms with Gasteiger partial charge in [0.05, 0.1) is 0 Å². The first-order chi connectivity index (χ1) is 5.13. The van der Waals surface area contributed by atoms with Crippen molar-refractivity contribution in [2.24, 2.45) is 0 Å². The number of hydrogen-bond acceptors (Lipinski definition) is 1. The minimum Gasteiger partial charge on any atom is -0.474 e. The molecule has 0 saturated carbocycles. The van der Waals surface area contributed by atoms with Gasteiger partial charge in [-0.15, -0.1) is 5.92 Å². The summed E-state index contributed by atoms with van der Waals surface area (Å²) in [5, 5.41) is 6.55. The van der Waals surface area contributed by atoms with E-state index in [0.717, 1.165) is 0 Å². The molecule has 2 radical (unpaired) electrons. The van der Waals surface area contributed by atoms with Crippen LogP contribution in [0.25, 0.3) is 0 Å². The van der Waals surface area contributed by atoms with Gasteiger partial charge in [0.15, 0.2) is 0 Å². The Labute approximate surface area is 123 Å². The van der Waals surface area contributed by atoms with Gasteiger partial charge >= 0.3 is 0 Å². The summed E-state index contributed by atoms with van der Waals surface area (Å²) in [7, 11) is 0. The summed E-state index contributed by atoms with van der Waals surface area (Å²) in [5.74, 6) is 1.18. The van der Waals surface area contributed by atoms with Crippen molar-refractivity contribution in [3.8, 4) is 0 Å². The fourth-order valence-corrected chi connectivity index (χ4v) is 2.07. The molecular formula is C10H14SVY-2. The smallest absolute Gasteiger partial charge is 0 e. The van der Waals surface area contributed by atoms with E-state index in [4.69, 9.17) is 0 Å². The van der Waals surface area contributed by atoms with Crippen molar-refractivity contribution in [2.45, 2.75) is 39.5 Å². The minimum absolute atomic E-state index is 0. The molecule has 0 N–H and O–H groups in total. The summed E-state index contributed by atoms with van der Waals surface area (Å²) in [5.41, 5.74) is 2.70. The molecule has 1 aromatic rings. The maximum Gasteiger partial charge on any atom is 0 e. The molecule has 0 spiro atoms. The molecule has 0 amide bonds. The Balaban J connectivity index is 0. The van der Waals surface area contributed by atoms with E-state index in [1.165, 1.54) is 11.1 Å². The molecular weight excluding hydrogens is 292 g/mol. The van der Waals surface area contributed by atoms with Gasteiger partial charge in [-0.3, -0.25) is 10.9 Å². The SMILES string of the molecule is CC(C)c1[c-]s[c-]c1C(C)C.[V].[Y]. The van der Waals surface area contributed by atoms with E-state index in [-0.39, 0.29) is 51.3 Å². The average Bonchev–Trinajstić information content (AvgIpc) is 2.32. The molecule has 1 aromatic heterocycles. The standard InChI is InChI=1S/C10H14S.V.Y/c1-7(2)9-5-11-6-10(9)8(3)4;;/h7-8H,1-4H3;;/q-2;;. The van der Waals surface area contributed by atoms with Crippen LogP contribution in [0.5, 0.6) is 0 Å². The first kappa shape index (κ1) is 16.8. The van der Waals surface area contributed by atoms with Crippen molar-refractivity contribution < 1.29 is 51.3 Å². The molecule has 1 heterocycles. The molecule has 1 rings (SSSR count). The van der Waals surface area contributed by atoms with Crippen LogP contribution in [0, 0.1) is 10.8 Å². The predicted molar refractivity (Wildman–Crippen MR) is 50.2 cm³/mol. The summed E-state index contributed by atoms with van der Waals surface area (Å²) in [4.78, 5) is 0. The molecule has 13 heavy (non-hydrogen) atoms. The molecule has 70 valence electrons. The zero-order chi connectivity index (χ0) is 8.43. The second kappa shape index (κ2) is 7.65. The van der Waals surface area contributed by atoms with Crippen LogP contribution in [0.2, 0.25) is 0 Å². The van der Waals surface area contributed by atoms with Gasteiger partial charge in [0, 0.05) is 51.3 Å². The van der Waals surface area contributed by atoms with Crippen LogP contribution >= 0.6 is 11.3 Å². The van der Waals surface area contributed by atoms with Crippen molar-refractivity contribution in [2.75, 3.05) is 0 Å². The van der Waals surface area contributed by atoms with E-state index >= 15 is 0 Å². The fraction of sp³-hybridized carbons (Fsp3) is 0.600. The van der Waals surface area contributed by atoms with Crippen LogP contribution in [0.4, 0.5) is 0 Å². The Morgan fingerprint density at radius 3 is 1.46 bits per heavy atom. The molecule has 0 aromatic carbocycles. The van der Waals surface area contributed by atoms with Crippen molar-refractivity contribution in [1.82, 2.24) is 0 Å². The molecule has 3 heteroatoms. The zero-order valence-electron chi connectivity index (χ0n) is 8.59. The summed E-state index contributed by atoms with van der Waals surface area (Å²) in [6, 6.07) is 0. The third kappa shape index (κ3) is 4.62. The Morgan fingerprint density at radius 2 is 1.23 bits per heavy atom. The Kier molecular flexibility index (Phi) is 9.89. The van der Waals surface area contributed by atoms with Gasteiger partial charge in [-0.1, -0.05) is 33.6 Å². The zero-order valence-corrected chi connectivity index (χ0v) is 13.6. The number of hydrogen-bond donors (Lipinski definition) is 0. The molecule has 0 nitrogen and oxygen atoms in total. The maximum atomic E-state index is 3.27. The molecule has 0 unspecified atom stereocenters. The second-order valence-corrected chi connectivity index (χ2v) is 4.06. The molecule has 0 fully saturated rings. The predicted octanol–water partition coefficient (Wildman–Crippen LogP) is 3.59. The number of rotatable bonds is 2. The third-order valence-corrected chi connectivity index (χ3v) is 2.41. The van der Waals surface area contributed by atoms with E-state index in [1.54, 1.807) is 11.3 Å². The summed E-state index contributed by atoms with van der Waals surface area (Å²) < 4.78 is 0. The molecule has 0 aliphatic carbocycles. The molecule has 0 bridgehead atoms. The van der Waals surface area contributed by atoms with E-state index in [9.17, 15) is 0 Å². The van der Waals surface area contributed by atoms with Crippen molar-refractivity contribution in [1.29, 1.82) is 0 Å². The van der Waals surface area contributed by atoms with Gasteiger partial charge in [0.25, 0.3) is 0 Å². The molecule has 0 aliphatic heterocycles. The van der Waals surface area contributed by atoms with Crippen LogP contribution < -0.4 is 0 Å². The largest absolute Gasteiger partial charge is 0.474 e. The van der Waals surface area contributed by atoms with E-state index in [1.807, 2.05) is 0 Å². The normalized spacial score (nSPS) is 9.69. The van der Waals surface area contributed by atoms with Crippen molar-refractivity contribution in [3.63, 3.8) is 0 Å². The Hall–Kier alpha value is 1.39. The average molecular weight is 306 g/mol. The minimum atomic E-state index is 0. The van der Waals surface area contributed by atoms with Crippen molar-refractivity contribution in [3.05, 3.63) is 21.9 Å². The molecule has 0 atom stereocenters. The third-order valence-electron chi connectivity index (χ3n) is 1.77. The monoisotopic (exact) mass is 306 g/mol. The van der Waals surface area contributed by atoms with Gasteiger partial charge < -0.3 is 22.3 Å². The van der Waals surface area contributed by atoms with Crippen LogP contribution in [0.15, 0.2) is 0 Å². The Morgan fingerprint density at radius 1 is 0.923 bits per heavy atom. The van der Waals surface area contributed by atoms with Crippen LogP contribution in [0.1, 0.15) is 50.7 Å². The van der Waals surface area contributed by atoms with Crippen LogP contribution in [-0.2, 0) is 51.3 Å². The number of thiophene rings is 1. The summed E-state index contributed by atoms with van der Waals surface area (Å²) in [6.45, 7) is 8.83. The Bertz CT molecular complexity index is 208. The first-order valence-electron chi connectivity index (χ1n) is 4.04. The molecule has 0 saturated heterocycles. The van der Waals surface area contributed by atoms with E-state index in [2.05, 4.69) is 38.5 Å². The van der Waals surface area contributed by atoms with E-state index < -0.39 is 0 Å². The van der Waals surface area contributed by atoms with Gasteiger partial charge in [-0.05, 0) is 0 Å². The second-order valence-electron chi connectivity index (χ2n) is 3.44. The van der Waals surface area contributed by atoms with Gasteiger partial charge in [-0.25, -0.2) is 0 Å².